The second-order valence-corrected chi connectivity index (χ2v) is 6.28. The summed E-state index contributed by atoms with van der Waals surface area (Å²) in [5.74, 6) is 0.849. The van der Waals surface area contributed by atoms with Crippen LogP contribution in [-0.2, 0) is 9.53 Å². The van der Waals surface area contributed by atoms with E-state index in [2.05, 4.69) is 31.9 Å². The van der Waals surface area contributed by atoms with E-state index in [1.807, 2.05) is 12.1 Å². The van der Waals surface area contributed by atoms with Crippen LogP contribution in [-0.4, -0.2) is 19.7 Å². The molecule has 1 aromatic carbocycles. The van der Waals surface area contributed by atoms with Gasteiger partial charge in [-0.05, 0) is 63.1 Å². The van der Waals surface area contributed by atoms with E-state index < -0.39 is 5.97 Å². The summed E-state index contributed by atoms with van der Waals surface area (Å²) in [5, 5.41) is 0. The van der Waals surface area contributed by atoms with Gasteiger partial charge < -0.3 is 14.2 Å². The fourth-order valence-corrected chi connectivity index (χ4v) is 1.84. The summed E-state index contributed by atoms with van der Waals surface area (Å²) in [5.41, 5.74) is 0.793. The lowest BCUT2D eigenvalue weighted by atomic mass is 10.2. The molecule has 1 rings (SSSR count). The molecule has 0 heterocycles. The first-order valence-electron chi connectivity index (χ1n) is 5.77. The van der Waals surface area contributed by atoms with Crippen molar-refractivity contribution in [3.8, 4) is 11.5 Å². The number of benzene rings is 1. The van der Waals surface area contributed by atoms with Crippen LogP contribution in [0.3, 0.4) is 0 Å². The predicted octanol–water partition coefficient (Wildman–Crippen LogP) is 4.24. The van der Waals surface area contributed by atoms with Crippen molar-refractivity contribution in [1.29, 1.82) is 0 Å². The van der Waals surface area contributed by atoms with E-state index in [0.717, 1.165) is 8.96 Å². The van der Waals surface area contributed by atoms with Crippen LogP contribution in [0.4, 0.5) is 0 Å². The van der Waals surface area contributed by atoms with Gasteiger partial charge in [0.05, 0.1) is 29.4 Å². The lowest BCUT2D eigenvalue weighted by molar-refractivity contribution is -0.137. The average molecular weight is 406 g/mol. The van der Waals surface area contributed by atoms with Crippen molar-refractivity contribution in [2.24, 2.45) is 0 Å². The first-order chi connectivity index (χ1) is 9.56. The number of rotatable bonds is 6. The topological polar surface area (TPSA) is 44.8 Å². The van der Waals surface area contributed by atoms with Gasteiger partial charge in [-0.2, -0.15) is 0 Å². The highest BCUT2D eigenvalue weighted by Gasteiger charge is 2.04. The van der Waals surface area contributed by atoms with Crippen LogP contribution >= 0.6 is 31.9 Å². The molecule has 0 aromatic heterocycles. The minimum absolute atomic E-state index is 0.330. The monoisotopic (exact) mass is 404 g/mol. The van der Waals surface area contributed by atoms with E-state index in [1.54, 1.807) is 26.2 Å². The Labute approximate surface area is 134 Å². The molecule has 0 atom stereocenters. The van der Waals surface area contributed by atoms with E-state index >= 15 is 0 Å². The molecule has 0 bridgehead atoms. The van der Waals surface area contributed by atoms with Gasteiger partial charge in [0.15, 0.2) is 0 Å². The van der Waals surface area contributed by atoms with Gasteiger partial charge in [0.1, 0.15) is 11.5 Å². The molecule has 0 radical (unpaired) electrons. The number of hydrogen-bond donors (Lipinski definition) is 0. The molecule has 0 saturated carbocycles. The van der Waals surface area contributed by atoms with Crippen molar-refractivity contribution in [2.75, 3.05) is 13.7 Å². The standard InChI is InChI=1S/C14H14Br2O4/c1-3-19-14(17)6-7-20-12-5-4-11(18-2)8-10(12)9-13(15)16/h4-9H,3H2,1-2H3/b7-6+. The minimum Gasteiger partial charge on any atom is -0.497 e. The Bertz CT molecular complexity index is 520. The molecule has 108 valence electrons. The van der Waals surface area contributed by atoms with Crippen LogP contribution in [0.1, 0.15) is 12.5 Å². The predicted molar refractivity (Wildman–Crippen MR) is 85.2 cm³/mol. The molecule has 0 fully saturated rings. The lowest BCUT2D eigenvalue weighted by Gasteiger charge is -2.07. The largest absolute Gasteiger partial charge is 0.497 e. The Kier molecular flexibility index (Phi) is 7.40. The molecule has 1 aromatic rings. The smallest absolute Gasteiger partial charge is 0.333 e. The molecule has 0 aliphatic rings. The van der Waals surface area contributed by atoms with Gasteiger partial charge in [0.25, 0.3) is 0 Å². The molecular weight excluding hydrogens is 392 g/mol. The molecule has 0 unspecified atom stereocenters. The fraction of sp³-hybridized carbons (Fsp3) is 0.214. The Morgan fingerprint density at radius 2 is 2.10 bits per heavy atom. The fourth-order valence-electron chi connectivity index (χ4n) is 1.34. The molecule has 0 amide bonds. The van der Waals surface area contributed by atoms with Crippen LogP contribution in [0.5, 0.6) is 11.5 Å². The molecule has 0 spiro atoms. The van der Waals surface area contributed by atoms with E-state index in [-0.39, 0.29) is 0 Å². The summed E-state index contributed by atoms with van der Waals surface area (Å²) in [6, 6.07) is 5.34. The highest BCUT2D eigenvalue weighted by Crippen LogP contribution is 2.29. The number of hydrogen-bond acceptors (Lipinski definition) is 4. The summed E-state index contributed by atoms with van der Waals surface area (Å²) in [6.45, 7) is 2.07. The number of esters is 1. The van der Waals surface area contributed by atoms with Crippen molar-refractivity contribution >= 4 is 43.9 Å². The zero-order valence-electron chi connectivity index (χ0n) is 11.1. The SMILES string of the molecule is CCOC(=O)/C=C/Oc1ccc(OC)cc1C=C(Br)Br. The Hall–Kier alpha value is -1.27. The number of methoxy groups -OCH3 is 1. The Morgan fingerprint density at radius 1 is 1.35 bits per heavy atom. The van der Waals surface area contributed by atoms with E-state index in [9.17, 15) is 4.79 Å². The normalized spacial score (nSPS) is 10.2. The van der Waals surface area contributed by atoms with Crippen LogP contribution in [0, 0.1) is 0 Å². The van der Waals surface area contributed by atoms with Crippen molar-refractivity contribution in [2.45, 2.75) is 6.92 Å². The van der Waals surface area contributed by atoms with Crippen LogP contribution in [0.2, 0.25) is 0 Å². The van der Waals surface area contributed by atoms with Crippen LogP contribution in [0.15, 0.2) is 33.9 Å². The summed E-state index contributed by atoms with van der Waals surface area (Å²) in [6.07, 6.45) is 4.33. The number of halogens is 2. The minimum atomic E-state index is -0.445. The molecule has 0 saturated heterocycles. The number of carbonyl (C=O) groups excluding carboxylic acids is 1. The molecule has 0 aliphatic heterocycles. The maximum atomic E-state index is 11.2. The van der Waals surface area contributed by atoms with Gasteiger partial charge in [-0.3, -0.25) is 0 Å². The van der Waals surface area contributed by atoms with Gasteiger partial charge in [-0.15, -0.1) is 0 Å². The van der Waals surface area contributed by atoms with Crippen LogP contribution in [0.25, 0.3) is 6.08 Å². The quantitative estimate of drug-likeness (QED) is 0.403. The maximum Gasteiger partial charge on any atom is 0.333 e. The van der Waals surface area contributed by atoms with Gasteiger partial charge in [-0.25, -0.2) is 4.79 Å². The number of carbonyl (C=O) groups is 1. The lowest BCUT2D eigenvalue weighted by Crippen LogP contribution is -2.00. The maximum absolute atomic E-state index is 11.2. The van der Waals surface area contributed by atoms with Gasteiger partial charge in [-0.1, -0.05) is 0 Å². The van der Waals surface area contributed by atoms with Gasteiger partial charge in [0.2, 0.25) is 0 Å². The summed E-state index contributed by atoms with van der Waals surface area (Å²) in [4.78, 5) is 11.2. The van der Waals surface area contributed by atoms with Crippen molar-refractivity contribution in [3.05, 3.63) is 39.5 Å². The molecule has 20 heavy (non-hydrogen) atoms. The molecular formula is C14H14Br2O4. The third-order valence-electron chi connectivity index (χ3n) is 2.17. The van der Waals surface area contributed by atoms with Gasteiger partial charge >= 0.3 is 5.97 Å². The average Bonchev–Trinajstić information content (AvgIpc) is 2.40. The van der Waals surface area contributed by atoms with Crippen molar-refractivity contribution < 1.29 is 19.0 Å². The highest BCUT2D eigenvalue weighted by molar-refractivity contribution is 9.28. The van der Waals surface area contributed by atoms with E-state index in [4.69, 9.17) is 14.2 Å². The first-order valence-corrected chi connectivity index (χ1v) is 7.36. The molecule has 0 N–H and O–H groups in total. The third kappa shape index (κ3) is 5.79. The van der Waals surface area contributed by atoms with Crippen molar-refractivity contribution in [3.63, 3.8) is 0 Å². The second kappa shape index (κ2) is 8.81. The Balaban J connectivity index is 2.88. The molecule has 0 aliphatic carbocycles. The zero-order valence-corrected chi connectivity index (χ0v) is 14.2. The summed E-state index contributed by atoms with van der Waals surface area (Å²) >= 11 is 6.59. The summed E-state index contributed by atoms with van der Waals surface area (Å²) in [7, 11) is 1.59. The third-order valence-corrected chi connectivity index (χ3v) is 2.63. The zero-order chi connectivity index (χ0) is 15.0. The number of ether oxygens (including phenoxy) is 3. The first kappa shape index (κ1) is 16.8. The highest BCUT2D eigenvalue weighted by atomic mass is 79.9. The summed E-state index contributed by atoms with van der Waals surface area (Å²) < 4.78 is 16.1. The van der Waals surface area contributed by atoms with Gasteiger partial charge in [0, 0.05) is 5.56 Å². The second-order valence-electron chi connectivity index (χ2n) is 3.51. The molecule has 6 heteroatoms. The van der Waals surface area contributed by atoms with E-state index in [1.165, 1.54) is 12.3 Å². The Morgan fingerprint density at radius 3 is 2.70 bits per heavy atom. The van der Waals surface area contributed by atoms with E-state index in [0.29, 0.717) is 18.1 Å². The van der Waals surface area contributed by atoms with Crippen molar-refractivity contribution in [1.82, 2.24) is 0 Å². The molecule has 4 nitrogen and oxygen atoms in total. The van der Waals surface area contributed by atoms with Crippen LogP contribution < -0.4 is 9.47 Å².